The maximum atomic E-state index is 12.1. The number of sulfonamides is 1. The van der Waals surface area contributed by atoms with Gasteiger partial charge in [-0.15, -0.1) is 0 Å². The maximum Gasteiger partial charge on any atom is 0.282 e. The zero-order valence-electron chi connectivity index (χ0n) is 11.2. The number of hydrogen-bond acceptors (Lipinski definition) is 7. The first-order chi connectivity index (χ1) is 9.50. The molecule has 8 nitrogen and oxygen atoms in total. The molecule has 0 aliphatic rings. The Morgan fingerprint density at radius 1 is 1.24 bits per heavy atom. The van der Waals surface area contributed by atoms with Crippen LogP contribution in [0.5, 0.6) is 0 Å². The average molecular weight is 371 g/mol. The predicted molar refractivity (Wildman–Crippen MR) is 78.6 cm³/mol. The van der Waals surface area contributed by atoms with Gasteiger partial charge in [0.2, 0.25) is 0 Å². The highest BCUT2D eigenvalue weighted by Crippen LogP contribution is 2.30. The van der Waals surface area contributed by atoms with Gasteiger partial charge in [0.05, 0.1) is 5.69 Å². The van der Waals surface area contributed by atoms with E-state index in [0.717, 1.165) is 0 Å². The molecule has 2 aromatic rings. The highest BCUT2D eigenvalue weighted by Gasteiger charge is 2.24. The zero-order chi connectivity index (χ0) is 16.0. The lowest BCUT2D eigenvalue weighted by Gasteiger charge is -2.00. The number of nitrogens with zero attached hydrogens (tertiary/aromatic N) is 3. The molecule has 0 saturated heterocycles. The molecule has 2 aromatic heterocycles. The van der Waals surface area contributed by atoms with Crippen LogP contribution in [0.25, 0.3) is 0 Å². The monoisotopic (exact) mass is 370 g/mol. The van der Waals surface area contributed by atoms with E-state index in [0.29, 0.717) is 17.2 Å². The van der Waals surface area contributed by atoms with Crippen molar-refractivity contribution in [1.29, 1.82) is 0 Å². The van der Waals surface area contributed by atoms with Crippen LogP contribution in [0.1, 0.15) is 11.5 Å². The fourth-order valence-corrected chi connectivity index (χ4v) is 5.10. The number of imidazole rings is 1. The minimum absolute atomic E-state index is 0.0879. The smallest absolute Gasteiger partial charge is 0.282 e. The van der Waals surface area contributed by atoms with Crippen molar-refractivity contribution in [2.24, 2.45) is 7.05 Å². The SMILES string of the molecule is Cc1nc(NS(=O)(=O)c2cn(C)c(C)n2)sc1S(=O)(=O)Cl. The Bertz CT molecular complexity index is 878. The van der Waals surface area contributed by atoms with Gasteiger partial charge in [-0.3, -0.25) is 4.72 Å². The van der Waals surface area contributed by atoms with Gasteiger partial charge in [-0.05, 0) is 13.8 Å². The number of rotatable bonds is 4. The summed E-state index contributed by atoms with van der Waals surface area (Å²) in [7, 11) is -0.999. The van der Waals surface area contributed by atoms with E-state index in [1.165, 1.54) is 13.1 Å². The summed E-state index contributed by atoms with van der Waals surface area (Å²) in [6.45, 7) is 3.08. The van der Waals surface area contributed by atoms with Crippen molar-refractivity contribution in [3.8, 4) is 0 Å². The van der Waals surface area contributed by atoms with Crippen LogP contribution in [0, 0.1) is 13.8 Å². The van der Waals surface area contributed by atoms with Crippen molar-refractivity contribution < 1.29 is 16.8 Å². The lowest BCUT2D eigenvalue weighted by atomic mass is 10.6. The van der Waals surface area contributed by atoms with Gasteiger partial charge in [0, 0.05) is 23.9 Å². The summed E-state index contributed by atoms with van der Waals surface area (Å²) < 4.78 is 50.4. The number of nitrogens with one attached hydrogen (secondary N) is 1. The second kappa shape index (κ2) is 5.23. The summed E-state index contributed by atoms with van der Waals surface area (Å²) in [5, 5.41) is -0.263. The topological polar surface area (TPSA) is 111 Å². The molecule has 2 rings (SSSR count). The van der Waals surface area contributed by atoms with Gasteiger partial charge in [-0.25, -0.2) is 18.4 Å². The van der Waals surface area contributed by atoms with Crippen molar-refractivity contribution in [2.45, 2.75) is 23.1 Å². The summed E-state index contributed by atoms with van der Waals surface area (Å²) in [4.78, 5) is 7.75. The molecule has 2 heterocycles. The Morgan fingerprint density at radius 3 is 2.29 bits per heavy atom. The minimum atomic E-state index is -3.96. The third-order valence-electron chi connectivity index (χ3n) is 2.56. The lowest BCUT2D eigenvalue weighted by Crippen LogP contribution is -2.13. The predicted octanol–water partition coefficient (Wildman–Crippen LogP) is 1.22. The van der Waals surface area contributed by atoms with E-state index < -0.39 is 19.1 Å². The first kappa shape index (κ1) is 16.2. The highest BCUT2D eigenvalue weighted by molar-refractivity contribution is 8.15. The van der Waals surface area contributed by atoms with E-state index in [1.807, 2.05) is 0 Å². The maximum absolute atomic E-state index is 12.1. The first-order valence-corrected chi connectivity index (χ1v) is 10.1. The Morgan fingerprint density at radius 2 is 1.86 bits per heavy atom. The van der Waals surface area contributed by atoms with Crippen LogP contribution < -0.4 is 4.72 Å². The highest BCUT2D eigenvalue weighted by atomic mass is 35.7. The van der Waals surface area contributed by atoms with Crippen molar-refractivity contribution in [3.63, 3.8) is 0 Å². The van der Waals surface area contributed by atoms with E-state index in [4.69, 9.17) is 10.7 Å². The molecule has 0 amide bonds. The average Bonchev–Trinajstić information content (AvgIpc) is 2.82. The third kappa shape index (κ3) is 3.36. The van der Waals surface area contributed by atoms with Crippen molar-refractivity contribution >= 4 is 46.2 Å². The van der Waals surface area contributed by atoms with Crippen molar-refractivity contribution in [3.05, 3.63) is 17.7 Å². The van der Waals surface area contributed by atoms with Gasteiger partial charge in [0.15, 0.2) is 14.4 Å². The van der Waals surface area contributed by atoms with Gasteiger partial charge in [-0.1, -0.05) is 11.3 Å². The second-order valence-electron chi connectivity index (χ2n) is 4.17. The molecule has 0 aliphatic carbocycles. The number of hydrogen-bond donors (Lipinski definition) is 1. The van der Waals surface area contributed by atoms with E-state index >= 15 is 0 Å². The third-order valence-corrected chi connectivity index (χ3v) is 7.15. The van der Waals surface area contributed by atoms with Crippen LogP contribution in [-0.2, 0) is 26.1 Å². The molecule has 0 saturated carbocycles. The van der Waals surface area contributed by atoms with Crippen molar-refractivity contribution in [2.75, 3.05) is 4.72 Å². The summed E-state index contributed by atoms with van der Waals surface area (Å²) in [6, 6.07) is 0. The molecule has 0 bridgehead atoms. The largest absolute Gasteiger partial charge is 0.337 e. The molecular formula is C9H11ClN4O4S3. The molecule has 116 valence electrons. The van der Waals surface area contributed by atoms with Gasteiger partial charge in [0.25, 0.3) is 19.1 Å². The van der Waals surface area contributed by atoms with Crippen LogP contribution in [-0.4, -0.2) is 31.4 Å². The fraction of sp³-hybridized carbons (Fsp3) is 0.333. The zero-order valence-corrected chi connectivity index (χ0v) is 14.4. The Hall–Kier alpha value is -1.17. The molecule has 0 aliphatic heterocycles. The summed E-state index contributed by atoms with van der Waals surface area (Å²) in [6.07, 6.45) is 1.34. The van der Waals surface area contributed by atoms with Gasteiger partial charge >= 0.3 is 0 Å². The molecule has 21 heavy (non-hydrogen) atoms. The molecule has 0 unspecified atom stereocenters. The van der Waals surface area contributed by atoms with Crippen LogP contribution in [0.15, 0.2) is 15.4 Å². The number of aromatic nitrogens is 3. The summed E-state index contributed by atoms with van der Waals surface area (Å²) in [5.41, 5.74) is 0.130. The standard InChI is InChI=1S/C9H11ClN4O4S3/c1-5-8(20(10,15)16)19-9(11-5)13-21(17,18)7-4-14(3)6(2)12-7/h4H,1-3H3,(H,11,13). The number of aryl methyl sites for hydroxylation is 3. The molecule has 1 N–H and O–H groups in total. The molecule has 0 aromatic carbocycles. The van der Waals surface area contributed by atoms with Crippen molar-refractivity contribution in [1.82, 2.24) is 14.5 Å². The number of anilines is 1. The molecule has 0 fully saturated rings. The van der Waals surface area contributed by atoms with Gasteiger partial charge < -0.3 is 4.57 Å². The van der Waals surface area contributed by atoms with E-state index in [-0.39, 0.29) is 20.1 Å². The molecule has 0 radical (unpaired) electrons. The Balaban J connectivity index is 2.38. The number of thiazole rings is 1. The normalized spacial score (nSPS) is 12.6. The molecule has 0 spiro atoms. The fourth-order valence-electron chi connectivity index (χ4n) is 1.48. The molecular weight excluding hydrogens is 360 g/mol. The Labute approximate surface area is 130 Å². The van der Waals surface area contributed by atoms with E-state index in [9.17, 15) is 16.8 Å². The summed E-state index contributed by atoms with van der Waals surface area (Å²) in [5.74, 6) is 0.523. The lowest BCUT2D eigenvalue weighted by molar-refractivity contribution is 0.597. The van der Waals surface area contributed by atoms with E-state index in [2.05, 4.69) is 14.7 Å². The number of halogens is 1. The minimum Gasteiger partial charge on any atom is -0.337 e. The quantitative estimate of drug-likeness (QED) is 0.810. The van der Waals surface area contributed by atoms with Gasteiger partial charge in [-0.2, -0.15) is 8.42 Å². The van der Waals surface area contributed by atoms with Gasteiger partial charge in [0.1, 0.15) is 5.82 Å². The first-order valence-electron chi connectivity index (χ1n) is 5.45. The molecule has 0 atom stereocenters. The van der Waals surface area contributed by atoms with Crippen LogP contribution in [0.4, 0.5) is 5.13 Å². The second-order valence-corrected chi connectivity index (χ2v) is 9.56. The summed E-state index contributed by atoms with van der Waals surface area (Å²) >= 11 is 0.643. The molecule has 12 heteroatoms. The van der Waals surface area contributed by atoms with E-state index in [1.54, 1.807) is 18.5 Å². The van der Waals surface area contributed by atoms with Crippen LogP contribution >= 0.6 is 22.0 Å². The van der Waals surface area contributed by atoms with Crippen LogP contribution in [0.2, 0.25) is 0 Å². The van der Waals surface area contributed by atoms with Crippen LogP contribution in [0.3, 0.4) is 0 Å². The Kier molecular flexibility index (Phi) is 4.04.